The molecule has 0 bridgehead atoms. The van der Waals surface area contributed by atoms with Gasteiger partial charge in [-0.15, -0.1) is 0 Å². The Morgan fingerprint density at radius 3 is 2.71 bits per heavy atom. The van der Waals surface area contributed by atoms with Crippen molar-refractivity contribution in [1.29, 1.82) is 0 Å². The van der Waals surface area contributed by atoms with Crippen LogP contribution in [0, 0.1) is 11.8 Å². The van der Waals surface area contributed by atoms with Crippen LogP contribution in [0.1, 0.15) is 27.2 Å². The predicted octanol–water partition coefficient (Wildman–Crippen LogP) is 2.50. The molecule has 2 heterocycles. The zero-order chi connectivity index (χ0) is 12.6. The van der Waals surface area contributed by atoms with Crippen molar-refractivity contribution < 1.29 is 9.53 Å². The molecule has 1 fully saturated rings. The fourth-order valence-corrected chi connectivity index (χ4v) is 2.65. The lowest BCUT2D eigenvalue weighted by atomic mass is 9.91. The summed E-state index contributed by atoms with van der Waals surface area (Å²) in [6, 6.07) is -0.187. The van der Waals surface area contributed by atoms with E-state index in [1.54, 1.807) is 17.2 Å². The van der Waals surface area contributed by atoms with Crippen LogP contribution in [0.3, 0.4) is 0 Å². The van der Waals surface area contributed by atoms with Gasteiger partial charge in [-0.25, -0.2) is 4.79 Å². The molecule has 2 aliphatic heterocycles. The summed E-state index contributed by atoms with van der Waals surface area (Å²) in [7, 11) is 0. The molecule has 2 amide bonds. The molecule has 0 aromatic rings. The van der Waals surface area contributed by atoms with Crippen LogP contribution in [-0.2, 0) is 4.74 Å². The highest BCUT2D eigenvalue weighted by Gasteiger charge is 2.42. The topological polar surface area (TPSA) is 41.6 Å². The minimum atomic E-state index is -0.421. The highest BCUT2D eigenvalue weighted by molar-refractivity contribution is 6.22. The van der Waals surface area contributed by atoms with Gasteiger partial charge in [-0.1, -0.05) is 32.4 Å². The lowest BCUT2D eigenvalue weighted by molar-refractivity contribution is -0.0323. The first-order valence-corrected chi connectivity index (χ1v) is 6.55. The first kappa shape index (κ1) is 12.7. The van der Waals surface area contributed by atoms with E-state index < -0.39 is 5.50 Å². The van der Waals surface area contributed by atoms with Crippen LogP contribution in [0.4, 0.5) is 4.79 Å². The summed E-state index contributed by atoms with van der Waals surface area (Å²) in [5, 5.41) is 2.66. The zero-order valence-electron chi connectivity index (χ0n) is 10.4. The second-order valence-electron chi connectivity index (χ2n) is 4.79. The van der Waals surface area contributed by atoms with E-state index in [1.165, 1.54) is 0 Å². The van der Waals surface area contributed by atoms with Crippen molar-refractivity contribution >= 4 is 17.6 Å². The van der Waals surface area contributed by atoms with E-state index in [1.807, 2.05) is 0 Å². The largest absolute Gasteiger partial charge is 0.354 e. The summed E-state index contributed by atoms with van der Waals surface area (Å²) in [6.45, 7) is 6.41. The molecule has 0 aliphatic carbocycles. The Kier molecular flexibility index (Phi) is 3.64. The van der Waals surface area contributed by atoms with E-state index in [9.17, 15) is 4.79 Å². The number of halogens is 1. The number of carbonyl (C=O) groups excluding carboxylic acids is 1. The maximum atomic E-state index is 11.8. The quantitative estimate of drug-likeness (QED) is 0.611. The van der Waals surface area contributed by atoms with Crippen LogP contribution in [-0.4, -0.2) is 28.8 Å². The molecule has 5 atom stereocenters. The minimum Gasteiger partial charge on any atom is -0.354 e. The van der Waals surface area contributed by atoms with Crippen LogP contribution in [0.5, 0.6) is 0 Å². The number of amides is 2. The fourth-order valence-electron chi connectivity index (χ4n) is 2.49. The maximum absolute atomic E-state index is 11.8. The standard InChI is InChI=1S/C12H19ClN2O2/c1-4-9-7(2)8(3)11(17-9)15-6-5-10(13)14-12(15)16/h5-11H,4H2,1-3H3,(H,14,16)/t7?,8-,9+,10?,11+/m0/s1. The third kappa shape index (κ3) is 2.29. The number of urea groups is 1. The van der Waals surface area contributed by atoms with Gasteiger partial charge in [0.1, 0.15) is 11.7 Å². The molecule has 17 heavy (non-hydrogen) atoms. The summed E-state index contributed by atoms with van der Waals surface area (Å²) in [4.78, 5) is 13.4. The van der Waals surface area contributed by atoms with Gasteiger partial charge in [0, 0.05) is 12.1 Å². The Bertz CT molecular complexity index is 334. The van der Waals surface area contributed by atoms with E-state index >= 15 is 0 Å². The number of hydrogen-bond donors (Lipinski definition) is 1. The molecular weight excluding hydrogens is 240 g/mol. The van der Waals surface area contributed by atoms with Gasteiger partial charge in [-0.05, 0) is 18.4 Å². The summed E-state index contributed by atoms with van der Waals surface area (Å²) in [5.41, 5.74) is -0.421. The number of nitrogens with zero attached hydrogens (tertiary/aromatic N) is 1. The molecule has 0 aromatic carbocycles. The van der Waals surface area contributed by atoms with Gasteiger partial charge >= 0.3 is 6.03 Å². The molecule has 1 N–H and O–H groups in total. The van der Waals surface area contributed by atoms with Crippen molar-refractivity contribution in [3.05, 3.63) is 12.3 Å². The second kappa shape index (κ2) is 4.86. The summed E-state index contributed by atoms with van der Waals surface area (Å²) in [6.07, 6.45) is 4.49. The van der Waals surface area contributed by atoms with Crippen molar-refractivity contribution in [3.63, 3.8) is 0 Å². The van der Waals surface area contributed by atoms with Crippen LogP contribution < -0.4 is 5.32 Å². The first-order chi connectivity index (χ1) is 8.04. The summed E-state index contributed by atoms with van der Waals surface area (Å²) >= 11 is 5.82. The van der Waals surface area contributed by atoms with Gasteiger partial charge in [0.05, 0.1) is 6.10 Å². The molecule has 2 aliphatic rings. The number of ether oxygens (including phenoxy) is 1. The molecule has 5 heteroatoms. The van der Waals surface area contributed by atoms with Crippen molar-refractivity contribution in [1.82, 2.24) is 10.2 Å². The molecule has 0 radical (unpaired) electrons. The maximum Gasteiger partial charge on any atom is 0.324 e. The normalized spacial score (nSPS) is 41.8. The Labute approximate surface area is 107 Å². The van der Waals surface area contributed by atoms with Gasteiger partial charge in [-0.2, -0.15) is 0 Å². The molecule has 0 spiro atoms. The molecule has 1 saturated heterocycles. The van der Waals surface area contributed by atoms with Crippen molar-refractivity contribution in [2.75, 3.05) is 0 Å². The lowest BCUT2D eigenvalue weighted by Crippen LogP contribution is -2.49. The third-order valence-corrected chi connectivity index (χ3v) is 4.02. The third-order valence-electron chi connectivity index (χ3n) is 3.77. The number of rotatable bonds is 2. The highest BCUT2D eigenvalue weighted by Crippen LogP contribution is 2.36. The van der Waals surface area contributed by atoms with Gasteiger partial charge < -0.3 is 10.1 Å². The smallest absolute Gasteiger partial charge is 0.324 e. The lowest BCUT2D eigenvalue weighted by Gasteiger charge is -2.31. The van der Waals surface area contributed by atoms with Gasteiger partial charge in [0.15, 0.2) is 0 Å². The summed E-state index contributed by atoms with van der Waals surface area (Å²) < 4.78 is 5.95. The van der Waals surface area contributed by atoms with Crippen molar-refractivity contribution in [2.45, 2.75) is 45.0 Å². The molecule has 2 rings (SSSR count). The number of nitrogens with one attached hydrogen (secondary N) is 1. The van der Waals surface area contributed by atoms with Crippen LogP contribution in [0.25, 0.3) is 0 Å². The Hall–Kier alpha value is -0.740. The number of hydrogen-bond acceptors (Lipinski definition) is 2. The van der Waals surface area contributed by atoms with Crippen LogP contribution >= 0.6 is 11.6 Å². The predicted molar refractivity (Wildman–Crippen MR) is 66.4 cm³/mol. The van der Waals surface area contributed by atoms with E-state index in [4.69, 9.17) is 16.3 Å². The molecule has 2 unspecified atom stereocenters. The van der Waals surface area contributed by atoms with Crippen molar-refractivity contribution in [3.8, 4) is 0 Å². The Morgan fingerprint density at radius 2 is 2.18 bits per heavy atom. The molecule has 4 nitrogen and oxygen atoms in total. The van der Waals surface area contributed by atoms with Gasteiger partial charge in [0.2, 0.25) is 0 Å². The minimum absolute atomic E-state index is 0.185. The molecule has 0 saturated carbocycles. The SMILES string of the molecule is CC[C@H]1O[C@@H](N2C=CC(Cl)NC2=O)[C@@H](C)C1C. The Balaban J connectivity index is 2.13. The number of alkyl halides is 1. The number of carbonyl (C=O) groups is 1. The van der Waals surface area contributed by atoms with Gasteiger partial charge in [-0.3, -0.25) is 4.90 Å². The molecule has 0 aromatic heterocycles. The van der Waals surface area contributed by atoms with E-state index in [0.29, 0.717) is 11.8 Å². The highest BCUT2D eigenvalue weighted by atomic mass is 35.5. The molecule has 96 valence electrons. The van der Waals surface area contributed by atoms with E-state index in [0.717, 1.165) is 6.42 Å². The van der Waals surface area contributed by atoms with E-state index in [-0.39, 0.29) is 18.4 Å². The first-order valence-electron chi connectivity index (χ1n) is 6.11. The van der Waals surface area contributed by atoms with Crippen molar-refractivity contribution in [2.24, 2.45) is 11.8 Å². The van der Waals surface area contributed by atoms with E-state index in [2.05, 4.69) is 26.1 Å². The fraction of sp³-hybridized carbons (Fsp3) is 0.750. The van der Waals surface area contributed by atoms with Gasteiger partial charge in [0.25, 0.3) is 0 Å². The average Bonchev–Trinajstić information content (AvgIpc) is 2.57. The van der Waals surface area contributed by atoms with Crippen LogP contribution in [0.2, 0.25) is 0 Å². The second-order valence-corrected chi connectivity index (χ2v) is 5.26. The average molecular weight is 259 g/mol. The summed E-state index contributed by atoms with van der Waals surface area (Å²) in [5.74, 6) is 0.780. The Morgan fingerprint density at radius 1 is 1.47 bits per heavy atom. The monoisotopic (exact) mass is 258 g/mol. The zero-order valence-corrected chi connectivity index (χ0v) is 11.1. The molecular formula is C12H19ClN2O2. The van der Waals surface area contributed by atoms with Crippen LogP contribution in [0.15, 0.2) is 12.3 Å².